The number of hydrogen-bond donors (Lipinski definition) is 1. The normalized spacial score (nSPS) is 14.3. The second kappa shape index (κ2) is 8.03. The summed E-state index contributed by atoms with van der Waals surface area (Å²) in [4.78, 5) is 25.7. The molecule has 0 saturated carbocycles. The maximum absolute atomic E-state index is 12.3. The standard InChI is InChI=1S/C19H19ClN2O3/c20-14-7-1-3-9-16(14)25-17-10-4-2-8-15(17)21-18(23)13-22-12-6-5-11-19(22)24/h1-4,7-10H,5-6,11-13H2,(H,21,23). The number of likely N-dealkylation sites (tertiary alicyclic amines) is 1. The number of nitrogens with one attached hydrogen (secondary N) is 1. The highest BCUT2D eigenvalue weighted by Gasteiger charge is 2.21. The second-order valence-corrected chi connectivity index (χ2v) is 6.26. The quantitative estimate of drug-likeness (QED) is 0.876. The average molecular weight is 359 g/mol. The summed E-state index contributed by atoms with van der Waals surface area (Å²) >= 11 is 6.12. The van der Waals surface area contributed by atoms with E-state index >= 15 is 0 Å². The van der Waals surface area contributed by atoms with Crippen LogP contribution in [0.4, 0.5) is 5.69 Å². The minimum absolute atomic E-state index is 0.0296. The molecular weight excluding hydrogens is 340 g/mol. The van der Waals surface area contributed by atoms with E-state index in [2.05, 4.69) is 5.32 Å². The molecule has 1 saturated heterocycles. The van der Waals surface area contributed by atoms with E-state index in [1.807, 2.05) is 18.2 Å². The largest absolute Gasteiger partial charge is 0.454 e. The molecule has 2 amide bonds. The van der Waals surface area contributed by atoms with Crippen LogP contribution in [0.25, 0.3) is 0 Å². The number of nitrogens with zero attached hydrogens (tertiary/aromatic N) is 1. The van der Waals surface area contributed by atoms with Crippen LogP contribution in [0.5, 0.6) is 11.5 Å². The van der Waals surface area contributed by atoms with E-state index in [9.17, 15) is 9.59 Å². The Morgan fingerprint density at radius 2 is 1.80 bits per heavy atom. The van der Waals surface area contributed by atoms with Gasteiger partial charge in [0.2, 0.25) is 11.8 Å². The Morgan fingerprint density at radius 3 is 2.56 bits per heavy atom. The first-order valence-corrected chi connectivity index (χ1v) is 8.60. The van der Waals surface area contributed by atoms with Crippen LogP contribution in [-0.2, 0) is 9.59 Å². The molecule has 0 spiro atoms. The molecule has 2 aromatic carbocycles. The van der Waals surface area contributed by atoms with Gasteiger partial charge in [0.25, 0.3) is 0 Å². The van der Waals surface area contributed by atoms with E-state index in [-0.39, 0.29) is 18.4 Å². The van der Waals surface area contributed by atoms with Gasteiger partial charge < -0.3 is 15.0 Å². The Morgan fingerprint density at radius 1 is 1.08 bits per heavy atom. The van der Waals surface area contributed by atoms with Crippen LogP contribution in [-0.4, -0.2) is 29.8 Å². The number of amides is 2. The fourth-order valence-corrected chi connectivity index (χ4v) is 2.87. The van der Waals surface area contributed by atoms with Crippen molar-refractivity contribution in [3.05, 3.63) is 53.6 Å². The minimum Gasteiger partial charge on any atom is -0.454 e. The summed E-state index contributed by atoms with van der Waals surface area (Å²) in [5.74, 6) is 0.790. The van der Waals surface area contributed by atoms with Gasteiger partial charge in [-0.25, -0.2) is 0 Å². The van der Waals surface area contributed by atoms with E-state index in [1.54, 1.807) is 35.2 Å². The van der Waals surface area contributed by atoms with Crippen LogP contribution in [0, 0.1) is 0 Å². The lowest BCUT2D eigenvalue weighted by Crippen LogP contribution is -2.40. The number of piperidine rings is 1. The van der Waals surface area contributed by atoms with Gasteiger partial charge in [0.15, 0.2) is 5.75 Å². The Labute approximate surface area is 151 Å². The molecular formula is C19H19ClN2O3. The predicted octanol–water partition coefficient (Wildman–Crippen LogP) is 4.08. The molecule has 0 aliphatic carbocycles. The third-order valence-electron chi connectivity index (χ3n) is 3.97. The van der Waals surface area contributed by atoms with Gasteiger partial charge in [-0.3, -0.25) is 9.59 Å². The Bertz CT molecular complexity index is 779. The molecule has 5 nitrogen and oxygen atoms in total. The lowest BCUT2D eigenvalue weighted by atomic mass is 10.1. The molecule has 2 aromatic rings. The highest BCUT2D eigenvalue weighted by molar-refractivity contribution is 6.32. The summed E-state index contributed by atoms with van der Waals surface area (Å²) in [5.41, 5.74) is 0.539. The summed E-state index contributed by atoms with van der Waals surface area (Å²) in [6, 6.07) is 14.3. The molecule has 130 valence electrons. The van der Waals surface area contributed by atoms with Crippen molar-refractivity contribution in [3.8, 4) is 11.5 Å². The maximum atomic E-state index is 12.3. The van der Waals surface area contributed by atoms with Gasteiger partial charge in [-0.05, 0) is 37.1 Å². The molecule has 1 aliphatic heterocycles. The van der Waals surface area contributed by atoms with Crippen LogP contribution in [0.2, 0.25) is 5.02 Å². The number of hydrogen-bond acceptors (Lipinski definition) is 3. The number of halogens is 1. The monoisotopic (exact) mass is 358 g/mol. The third kappa shape index (κ3) is 4.51. The number of ether oxygens (including phenoxy) is 1. The van der Waals surface area contributed by atoms with E-state index in [4.69, 9.17) is 16.3 Å². The van der Waals surface area contributed by atoms with Gasteiger partial charge >= 0.3 is 0 Å². The van der Waals surface area contributed by atoms with Gasteiger partial charge in [0, 0.05) is 13.0 Å². The van der Waals surface area contributed by atoms with Crippen molar-refractivity contribution in [1.29, 1.82) is 0 Å². The topological polar surface area (TPSA) is 58.6 Å². The summed E-state index contributed by atoms with van der Waals surface area (Å²) < 4.78 is 5.83. The zero-order chi connectivity index (χ0) is 17.6. The number of rotatable bonds is 5. The van der Waals surface area contributed by atoms with Gasteiger partial charge in [-0.15, -0.1) is 0 Å². The smallest absolute Gasteiger partial charge is 0.244 e. The van der Waals surface area contributed by atoms with Crippen molar-refractivity contribution < 1.29 is 14.3 Å². The van der Waals surface area contributed by atoms with Gasteiger partial charge in [0.05, 0.1) is 17.3 Å². The third-order valence-corrected chi connectivity index (χ3v) is 4.29. The molecule has 25 heavy (non-hydrogen) atoms. The Hall–Kier alpha value is -2.53. The van der Waals surface area contributed by atoms with E-state index in [1.165, 1.54) is 0 Å². The summed E-state index contributed by atoms with van der Waals surface area (Å²) in [6.07, 6.45) is 2.34. The molecule has 3 rings (SSSR count). The maximum Gasteiger partial charge on any atom is 0.244 e. The Kier molecular flexibility index (Phi) is 5.56. The van der Waals surface area contributed by atoms with Crippen LogP contribution >= 0.6 is 11.6 Å². The first-order valence-electron chi connectivity index (χ1n) is 8.22. The fraction of sp³-hybridized carbons (Fsp3) is 0.263. The fourth-order valence-electron chi connectivity index (χ4n) is 2.70. The van der Waals surface area contributed by atoms with E-state index in [0.717, 1.165) is 12.8 Å². The zero-order valence-corrected chi connectivity index (χ0v) is 14.5. The summed E-state index contributed by atoms with van der Waals surface area (Å²) in [6.45, 7) is 0.684. The lowest BCUT2D eigenvalue weighted by Gasteiger charge is -2.26. The molecule has 0 unspecified atom stereocenters. The highest BCUT2D eigenvalue weighted by atomic mass is 35.5. The number of carbonyl (C=O) groups excluding carboxylic acids is 2. The summed E-state index contributed by atoms with van der Waals surface area (Å²) in [5, 5.41) is 3.31. The average Bonchev–Trinajstić information content (AvgIpc) is 2.60. The van der Waals surface area contributed by atoms with Crippen molar-refractivity contribution in [1.82, 2.24) is 4.90 Å². The minimum atomic E-state index is -0.245. The first-order chi connectivity index (χ1) is 12.1. The number of carbonyl (C=O) groups is 2. The molecule has 1 aliphatic rings. The van der Waals surface area contributed by atoms with Crippen LogP contribution in [0.3, 0.4) is 0 Å². The van der Waals surface area contributed by atoms with Gasteiger partial charge in [0.1, 0.15) is 5.75 Å². The van der Waals surface area contributed by atoms with Crippen molar-refractivity contribution in [2.75, 3.05) is 18.4 Å². The molecule has 6 heteroatoms. The van der Waals surface area contributed by atoms with Crippen LogP contribution < -0.4 is 10.1 Å². The van der Waals surface area contributed by atoms with Crippen molar-refractivity contribution in [2.45, 2.75) is 19.3 Å². The number of anilines is 1. The Balaban J connectivity index is 1.69. The molecule has 1 N–H and O–H groups in total. The van der Waals surface area contributed by atoms with E-state index < -0.39 is 0 Å². The predicted molar refractivity (Wildman–Crippen MR) is 97.0 cm³/mol. The lowest BCUT2D eigenvalue weighted by molar-refractivity contribution is -0.136. The number of para-hydroxylation sites is 3. The number of benzene rings is 2. The molecule has 1 heterocycles. The van der Waals surface area contributed by atoms with E-state index in [0.29, 0.717) is 35.2 Å². The molecule has 0 aromatic heterocycles. The second-order valence-electron chi connectivity index (χ2n) is 5.85. The van der Waals surface area contributed by atoms with Crippen LogP contribution in [0.15, 0.2) is 48.5 Å². The zero-order valence-electron chi connectivity index (χ0n) is 13.7. The molecule has 0 atom stereocenters. The molecule has 1 fully saturated rings. The van der Waals surface area contributed by atoms with Crippen molar-refractivity contribution in [3.63, 3.8) is 0 Å². The SMILES string of the molecule is O=C(CN1CCCCC1=O)Nc1ccccc1Oc1ccccc1Cl. The summed E-state index contributed by atoms with van der Waals surface area (Å²) in [7, 11) is 0. The van der Waals surface area contributed by atoms with Crippen LogP contribution in [0.1, 0.15) is 19.3 Å². The van der Waals surface area contributed by atoms with Crippen molar-refractivity contribution in [2.24, 2.45) is 0 Å². The van der Waals surface area contributed by atoms with Gasteiger partial charge in [-0.2, -0.15) is 0 Å². The molecule has 0 radical (unpaired) electrons. The van der Waals surface area contributed by atoms with Crippen molar-refractivity contribution >= 4 is 29.1 Å². The highest BCUT2D eigenvalue weighted by Crippen LogP contribution is 2.33. The molecule has 0 bridgehead atoms. The van der Waals surface area contributed by atoms with Gasteiger partial charge in [-0.1, -0.05) is 35.9 Å². The first kappa shape index (κ1) is 17.3.